The molecular weight excluding hydrogens is 206 g/mol. The predicted octanol–water partition coefficient (Wildman–Crippen LogP) is 2.47. The summed E-state index contributed by atoms with van der Waals surface area (Å²) in [5, 5.41) is 0.815. The summed E-state index contributed by atoms with van der Waals surface area (Å²) in [6.45, 7) is 0.428. The number of hydrogen-bond donors (Lipinski definition) is 1. The standard InChI is InChI=1S/C12H15NOS/c13-8-7-12(14)9-1-3-10(4-2-9)15-11-5-6-11/h1-4,11H,5-8,13H2. The molecule has 0 atom stereocenters. The Balaban J connectivity index is 1.99. The van der Waals surface area contributed by atoms with Gasteiger partial charge in [0.2, 0.25) is 0 Å². The van der Waals surface area contributed by atoms with E-state index in [2.05, 4.69) is 0 Å². The van der Waals surface area contributed by atoms with Gasteiger partial charge in [-0.1, -0.05) is 12.1 Å². The maximum absolute atomic E-state index is 11.5. The SMILES string of the molecule is NCCC(=O)c1ccc(SC2CC2)cc1. The Bertz CT molecular complexity index is 343. The summed E-state index contributed by atoms with van der Waals surface area (Å²) in [5.41, 5.74) is 6.12. The third kappa shape index (κ3) is 3.08. The minimum absolute atomic E-state index is 0.139. The van der Waals surface area contributed by atoms with Gasteiger partial charge in [0.15, 0.2) is 5.78 Å². The predicted molar refractivity (Wildman–Crippen MR) is 63.3 cm³/mol. The summed E-state index contributed by atoms with van der Waals surface area (Å²) in [4.78, 5) is 12.8. The van der Waals surface area contributed by atoms with Crippen molar-refractivity contribution >= 4 is 17.5 Å². The summed E-state index contributed by atoms with van der Waals surface area (Å²) < 4.78 is 0. The Labute approximate surface area is 94.2 Å². The lowest BCUT2D eigenvalue weighted by atomic mass is 10.1. The molecule has 1 aliphatic carbocycles. The minimum Gasteiger partial charge on any atom is -0.330 e. The van der Waals surface area contributed by atoms with Crippen molar-refractivity contribution < 1.29 is 4.79 Å². The van der Waals surface area contributed by atoms with Crippen LogP contribution in [0.3, 0.4) is 0 Å². The zero-order valence-corrected chi connectivity index (χ0v) is 9.43. The first-order chi connectivity index (χ1) is 7.29. The molecule has 0 bridgehead atoms. The number of carbonyl (C=O) groups excluding carboxylic acids is 1. The molecule has 15 heavy (non-hydrogen) atoms. The lowest BCUT2D eigenvalue weighted by Gasteiger charge is -2.02. The van der Waals surface area contributed by atoms with Crippen LogP contribution in [0, 0.1) is 0 Å². The van der Waals surface area contributed by atoms with E-state index in [0.29, 0.717) is 13.0 Å². The summed E-state index contributed by atoms with van der Waals surface area (Å²) in [7, 11) is 0. The van der Waals surface area contributed by atoms with Crippen LogP contribution in [0.25, 0.3) is 0 Å². The fraction of sp³-hybridized carbons (Fsp3) is 0.417. The molecule has 0 radical (unpaired) electrons. The highest BCUT2D eigenvalue weighted by atomic mass is 32.2. The van der Waals surface area contributed by atoms with Crippen LogP contribution in [0.15, 0.2) is 29.2 Å². The molecule has 0 spiro atoms. The third-order valence-electron chi connectivity index (χ3n) is 2.37. The smallest absolute Gasteiger partial charge is 0.164 e. The molecular formula is C12H15NOS. The van der Waals surface area contributed by atoms with E-state index in [-0.39, 0.29) is 5.78 Å². The van der Waals surface area contributed by atoms with Crippen molar-refractivity contribution in [3.63, 3.8) is 0 Å². The van der Waals surface area contributed by atoms with E-state index in [1.807, 2.05) is 36.0 Å². The van der Waals surface area contributed by atoms with Crippen LogP contribution in [0.2, 0.25) is 0 Å². The van der Waals surface area contributed by atoms with Crippen LogP contribution in [0.1, 0.15) is 29.6 Å². The number of benzene rings is 1. The summed E-state index contributed by atoms with van der Waals surface area (Å²) in [6.07, 6.45) is 3.10. The van der Waals surface area contributed by atoms with Crippen LogP contribution in [-0.2, 0) is 0 Å². The number of ketones is 1. The average Bonchev–Trinajstić information content (AvgIpc) is 3.03. The van der Waals surface area contributed by atoms with E-state index in [4.69, 9.17) is 5.73 Å². The second-order valence-corrected chi connectivity index (χ2v) is 5.18. The molecule has 0 amide bonds. The number of thioether (sulfide) groups is 1. The fourth-order valence-electron chi connectivity index (χ4n) is 1.37. The molecule has 2 rings (SSSR count). The molecule has 2 nitrogen and oxygen atoms in total. The zero-order chi connectivity index (χ0) is 10.7. The van der Waals surface area contributed by atoms with Gasteiger partial charge >= 0.3 is 0 Å². The van der Waals surface area contributed by atoms with Gasteiger partial charge in [-0.2, -0.15) is 0 Å². The highest BCUT2D eigenvalue weighted by Crippen LogP contribution is 2.38. The van der Waals surface area contributed by atoms with Gasteiger partial charge in [0.1, 0.15) is 0 Å². The number of hydrogen-bond acceptors (Lipinski definition) is 3. The molecule has 0 saturated heterocycles. The Hall–Kier alpha value is -0.800. The third-order valence-corrected chi connectivity index (χ3v) is 3.72. The number of nitrogens with two attached hydrogens (primary N) is 1. The van der Waals surface area contributed by atoms with Gasteiger partial charge in [0.05, 0.1) is 0 Å². The van der Waals surface area contributed by atoms with E-state index in [1.54, 1.807) is 0 Å². The van der Waals surface area contributed by atoms with Crippen molar-refractivity contribution in [3.05, 3.63) is 29.8 Å². The van der Waals surface area contributed by atoms with Crippen molar-refractivity contribution in [1.29, 1.82) is 0 Å². The lowest BCUT2D eigenvalue weighted by Crippen LogP contribution is -2.07. The average molecular weight is 221 g/mol. The van der Waals surface area contributed by atoms with Gasteiger partial charge in [-0.15, -0.1) is 11.8 Å². The van der Waals surface area contributed by atoms with Gasteiger partial charge in [-0.3, -0.25) is 4.79 Å². The molecule has 0 aromatic heterocycles. The monoisotopic (exact) mass is 221 g/mol. The molecule has 1 saturated carbocycles. The number of Topliss-reactive ketones (excluding diaryl/α,β-unsaturated/α-hetero) is 1. The summed E-state index contributed by atoms with van der Waals surface area (Å²) >= 11 is 1.91. The van der Waals surface area contributed by atoms with Crippen LogP contribution in [-0.4, -0.2) is 17.6 Å². The van der Waals surface area contributed by atoms with Gasteiger partial charge in [0, 0.05) is 22.1 Å². The fourth-order valence-corrected chi connectivity index (χ4v) is 2.42. The van der Waals surface area contributed by atoms with Crippen molar-refractivity contribution in [1.82, 2.24) is 0 Å². The van der Waals surface area contributed by atoms with Crippen LogP contribution < -0.4 is 5.73 Å². The quantitative estimate of drug-likeness (QED) is 0.777. The van der Waals surface area contributed by atoms with Crippen LogP contribution >= 0.6 is 11.8 Å². The summed E-state index contributed by atoms with van der Waals surface area (Å²) in [5.74, 6) is 0.139. The maximum atomic E-state index is 11.5. The van der Waals surface area contributed by atoms with Crippen LogP contribution in [0.5, 0.6) is 0 Å². The molecule has 1 aromatic rings. The molecule has 0 aliphatic heterocycles. The molecule has 0 heterocycles. The normalized spacial score (nSPS) is 15.3. The topological polar surface area (TPSA) is 43.1 Å². The van der Waals surface area contributed by atoms with E-state index in [0.717, 1.165) is 10.8 Å². The first-order valence-corrected chi connectivity index (χ1v) is 6.17. The van der Waals surface area contributed by atoms with Crippen molar-refractivity contribution in [3.8, 4) is 0 Å². The van der Waals surface area contributed by atoms with Gasteiger partial charge in [-0.25, -0.2) is 0 Å². The second-order valence-electron chi connectivity index (χ2n) is 3.80. The van der Waals surface area contributed by atoms with E-state index in [9.17, 15) is 4.79 Å². The van der Waals surface area contributed by atoms with Crippen LogP contribution in [0.4, 0.5) is 0 Å². The Kier molecular flexibility index (Phi) is 3.44. The Morgan fingerprint density at radius 2 is 2.00 bits per heavy atom. The first-order valence-electron chi connectivity index (χ1n) is 5.29. The number of carbonyl (C=O) groups is 1. The lowest BCUT2D eigenvalue weighted by molar-refractivity contribution is 0.0985. The molecule has 0 unspecified atom stereocenters. The van der Waals surface area contributed by atoms with E-state index < -0.39 is 0 Å². The number of rotatable bonds is 5. The van der Waals surface area contributed by atoms with Gasteiger partial charge in [0.25, 0.3) is 0 Å². The van der Waals surface area contributed by atoms with E-state index in [1.165, 1.54) is 17.7 Å². The van der Waals surface area contributed by atoms with E-state index >= 15 is 0 Å². The molecule has 3 heteroatoms. The van der Waals surface area contributed by atoms with Crippen molar-refractivity contribution in [2.45, 2.75) is 29.4 Å². The molecule has 2 N–H and O–H groups in total. The highest BCUT2D eigenvalue weighted by molar-refractivity contribution is 8.00. The maximum Gasteiger partial charge on any atom is 0.164 e. The molecule has 1 aromatic carbocycles. The first kappa shape index (κ1) is 10.7. The van der Waals surface area contributed by atoms with Gasteiger partial charge < -0.3 is 5.73 Å². The Morgan fingerprint density at radius 1 is 1.33 bits per heavy atom. The van der Waals surface area contributed by atoms with Gasteiger partial charge in [-0.05, 0) is 31.5 Å². The largest absolute Gasteiger partial charge is 0.330 e. The Morgan fingerprint density at radius 3 is 2.53 bits per heavy atom. The molecule has 80 valence electrons. The molecule has 1 aliphatic rings. The molecule has 1 fully saturated rings. The van der Waals surface area contributed by atoms with Crippen molar-refractivity contribution in [2.24, 2.45) is 5.73 Å². The zero-order valence-electron chi connectivity index (χ0n) is 8.61. The van der Waals surface area contributed by atoms with Crippen molar-refractivity contribution in [2.75, 3.05) is 6.54 Å². The highest BCUT2D eigenvalue weighted by Gasteiger charge is 2.22. The summed E-state index contributed by atoms with van der Waals surface area (Å²) in [6, 6.07) is 7.88. The second kappa shape index (κ2) is 4.81. The minimum atomic E-state index is 0.139.